The standard InChI is InChI=1S/C17H28N2O/c1-13(2)15-7-5-14(6-8-15)10-19-12-17(20)9-16(19)11-18(3)4/h5-8,13,16-17,20H,9-12H2,1-4H3. The smallest absolute Gasteiger partial charge is 0.0682 e. The number of hydrogen-bond donors (Lipinski definition) is 1. The third-order valence-electron chi connectivity index (χ3n) is 4.11. The van der Waals surface area contributed by atoms with Crippen LogP contribution in [0.2, 0.25) is 0 Å². The molecule has 1 aliphatic heterocycles. The zero-order valence-electron chi connectivity index (χ0n) is 13.2. The SMILES string of the molecule is CC(C)c1ccc(CN2CC(O)CC2CN(C)C)cc1. The average molecular weight is 276 g/mol. The summed E-state index contributed by atoms with van der Waals surface area (Å²) >= 11 is 0. The topological polar surface area (TPSA) is 26.7 Å². The Morgan fingerprint density at radius 3 is 2.45 bits per heavy atom. The maximum absolute atomic E-state index is 9.92. The van der Waals surface area contributed by atoms with Gasteiger partial charge < -0.3 is 10.0 Å². The Balaban J connectivity index is 2.00. The number of likely N-dealkylation sites (tertiary alicyclic amines) is 1. The van der Waals surface area contributed by atoms with Gasteiger partial charge >= 0.3 is 0 Å². The molecule has 1 N–H and O–H groups in total. The first-order valence-electron chi connectivity index (χ1n) is 7.61. The molecule has 112 valence electrons. The predicted molar refractivity (Wildman–Crippen MR) is 83.9 cm³/mol. The Morgan fingerprint density at radius 1 is 1.25 bits per heavy atom. The number of likely N-dealkylation sites (N-methyl/N-ethyl adjacent to an activating group) is 1. The van der Waals surface area contributed by atoms with Crippen molar-refractivity contribution in [1.82, 2.24) is 9.80 Å². The van der Waals surface area contributed by atoms with Gasteiger partial charge in [-0.15, -0.1) is 0 Å². The number of rotatable bonds is 5. The van der Waals surface area contributed by atoms with Crippen LogP contribution in [0.3, 0.4) is 0 Å². The number of β-amino-alcohol motifs (C(OH)–C–C–N with tert-alkyl or cyclic N) is 1. The van der Waals surface area contributed by atoms with Gasteiger partial charge in [0, 0.05) is 25.7 Å². The number of aliphatic hydroxyl groups excluding tert-OH is 1. The van der Waals surface area contributed by atoms with Gasteiger partial charge in [-0.1, -0.05) is 38.1 Å². The summed E-state index contributed by atoms with van der Waals surface area (Å²) in [4.78, 5) is 4.62. The van der Waals surface area contributed by atoms with Crippen LogP contribution in [-0.2, 0) is 6.54 Å². The molecule has 2 atom stereocenters. The first-order chi connectivity index (χ1) is 9.45. The molecule has 20 heavy (non-hydrogen) atoms. The molecule has 3 nitrogen and oxygen atoms in total. The van der Waals surface area contributed by atoms with Crippen molar-refractivity contribution in [2.24, 2.45) is 0 Å². The second kappa shape index (κ2) is 6.70. The number of nitrogens with zero attached hydrogens (tertiary/aromatic N) is 2. The van der Waals surface area contributed by atoms with Gasteiger partial charge in [-0.3, -0.25) is 4.90 Å². The third kappa shape index (κ3) is 4.05. The van der Waals surface area contributed by atoms with E-state index < -0.39 is 0 Å². The summed E-state index contributed by atoms with van der Waals surface area (Å²) in [5.74, 6) is 0.583. The van der Waals surface area contributed by atoms with Gasteiger partial charge in [0.15, 0.2) is 0 Å². The van der Waals surface area contributed by atoms with E-state index in [0.29, 0.717) is 12.0 Å². The lowest BCUT2D eigenvalue weighted by molar-refractivity contribution is 0.169. The lowest BCUT2D eigenvalue weighted by atomic mass is 10.0. The zero-order valence-corrected chi connectivity index (χ0v) is 13.2. The Bertz CT molecular complexity index is 414. The Hall–Kier alpha value is -0.900. The molecular formula is C17H28N2O. The molecule has 0 aromatic heterocycles. The first-order valence-corrected chi connectivity index (χ1v) is 7.61. The van der Waals surface area contributed by atoms with Gasteiger partial charge in [0.1, 0.15) is 0 Å². The molecule has 1 aromatic carbocycles. The highest BCUT2D eigenvalue weighted by Gasteiger charge is 2.30. The Labute approximate surface area is 123 Å². The van der Waals surface area contributed by atoms with Gasteiger partial charge in [-0.2, -0.15) is 0 Å². The Morgan fingerprint density at radius 2 is 1.90 bits per heavy atom. The number of benzene rings is 1. The number of hydrogen-bond acceptors (Lipinski definition) is 3. The molecule has 3 heteroatoms. The van der Waals surface area contributed by atoms with Crippen molar-refractivity contribution in [3.8, 4) is 0 Å². The first kappa shape index (κ1) is 15.5. The van der Waals surface area contributed by atoms with Crippen LogP contribution in [0, 0.1) is 0 Å². The van der Waals surface area contributed by atoms with Crippen LogP contribution in [-0.4, -0.2) is 54.2 Å². The van der Waals surface area contributed by atoms with Gasteiger partial charge in [-0.25, -0.2) is 0 Å². The van der Waals surface area contributed by atoms with E-state index in [1.807, 2.05) is 0 Å². The fourth-order valence-corrected chi connectivity index (χ4v) is 3.01. The summed E-state index contributed by atoms with van der Waals surface area (Å²) in [6, 6.07) is 9.38. The van der Waals surface area contributed by atoms with Crippen molar-refractivity contribution in [3.63, 3.8) is 0 Å². The van der Waals surface area contributed by atoms with Gasteiger partial charge in [-0.05, 0) is 37.6 Å². The normalized spacial score (nSPS) is 23.9. The second-order valence-electron chi connectivity index (χ2n) is 6.63. The van der Waals surface area contributed by atoms with Crippen LogP contribution in [0.15, 0.2) is 24.3 Å². The highest BCUT2D eigenvalue weighted by molar-refractivity contribution is 5.24. The molecule has 1 aromatic rings. The number of aliphatic hydroxyl groups is 1. The van der Waals surface area contributed by atoms with E-state index in [2.05, 4.69) is 62.0 Å². The molecular weight excluding hydrogens is 248 g/mol. The van der Waals surface area contributed by atoms with Gasteiger partial charge in [0.05, 0.1) is 6.10 Å². The molecule has 0 aliphatic carbocycles. The summed E-state index contributed by atoms with van der Waals surface area (Å²) in [6.07, 6.45) is 0.720. The maximum Gasteiger partial charge on any atom is 0.0682 e. The summed E-state index contributed by atoms with van der Waals surface area (Å²) in [5.41, 5.74) is 2.73. The molecule has 0 saturated carbocycles. The minimum Gasteiger partial charge on any atom is -0.392 e. The summed E-state index contributed by atoms with van der Waals surface area (Å²) in [5, 5.41) is 9.92. The Kier molecular flexibility index (Phi) is 5.19. The average Bonchev–Trinajstić information content (AvgIpc) is 2.69. The third-order valence-corrected chi connectivity index (χ3v) is 4.11. The molecule has 0 bridgehead atoms. The molecule has 1 fully saturated rings. The van der Waals surface area contributed by atoms with Crippen molar-refractivity contribution < 1.29 is 5.11 Å². The second-order valence-corrected chi connectivity index (χ2v) is 6.63. The molecule has 0 radical (unpaired) electrons. The fourth-order valence-electron chi connectivity index (χ4n) is 3.01. The molecule has 1 saturated heterocycles. The molecule has 1 heterocycles. The zero-order chi connectivity index (χ0) is 14.7. The van der Waals surface area contributed by atoms with Crippen LogP contribution >= 0.6 is 0 Å². The van der Waals surface area contributed by atoms with E-state index in [9.17, 15) is 5.11 Å². The van der Waals surface area contributed by atoms with E-state index in [-0.39, 0.29) is 6.10 Å². The lowest BCUT2D eigenvalue weighted by Crippen LogP contribution is -2.37. The van der Waals surface area contributed by atoms with Crippen molar-refractivity contribution in [2.75, 3.05) is 27.2 Å². The van der Waals surface area contributed by atoms with E-state index in [4.69, 9.17) is 0 Å². The minimum absolute atomic E-state index is 0.171. The van der Waals surface area contributed by atoms with Crippen molar-refractivity contribution >= 4 is 0 Å². The minimum atomic E-state index is -0.171. The predicted octanol–water partition coefficient (Wildman–Crippen LogP) is 2.31. The van der Waals surface area contributed by atoms with Crippen molar-refractivity contribution in [1.29, 1.82) is 0 Å². The molecule has 2 unspecified atom stereocenters. The van der Waals surface area contributed by atoms with E-state index in [0.717, 1.165) is 26.1 Å². The van der Waals surface area contributed by atoms with E-state index >= 15 is 0 Å². The van der Waals surface area contributed by atoms with E-state index in [1.165, 1.54) is 11.1 Å². The highest BCUT2D eigenvalue weighted by atomic mass is 16.3. The summed E-state index contributed by atoms with van der Waals surface area (Å²) < 4.78 is 0. The van der Waals surface area contributed by atoms with Crippen LogP contribution in [0.25, 0.3) is 0 Å². The molecule has 1 aliphatic rings. The van der Waals surface area contributed by atoms with Crippen molar-refractivity contribution in [2.45, 2.75) is 44.9 Å². The van der Waals surface area contributed by atoms with Gasteiger partial charge in [0.2, 0.25) is 0 Å². The summed E-state index contributed by atoms with van der Waals surface area (Å²) in [7, 11) is 4.20. The van der Waals surface area contributed by atoms with Gasteiger partial charge in [0.25, 0.3) is 0 Å². The lowest BCUT2D eigenvalue weighted by Gasteiger charge is -2.26. The maximum atomic E-state index is 9.92. The van der Waals surface area contributed by atoms with Crippen LogP contribution < -0.4 is 0 Å². The van der Waals surface area contributed by atoms with Crippen LogP contribution in [0.4, 0.5) is 0 Å². The molecule has 2 rings (SSSR count). The molecule has 0 spiro atoms. The molecule has 0 amide bonds. The monoisotopic (exact) mass is 276 g/mol. The van der Waals surface area contributed by atoms with Crippen molar-refractivity contribution in [3.05, 3.63) is 35.4 Å². The van der Waals surface area contributed by atoms with Crippen LogP contribution in [0.1, 0.15) is 37.3 Å². The fraction of sp³-hybridized carbons (Fsp3) is 0.647. The summed E-state index contributed by atoms with van der Waals surface area (Å²) in [6.45, 7) is 7.19. The largest absolute Gasteiger partial charge is 0.392 e. The highest BCUT2D eigenvalue weighted by Crippen LogP contribution is 2.22. The van der Waals surface area contributed by atoms with E-state index in [1.54, 1.807) is 0 Å². The quantitative estimate of drug-likeness (QED) is 0.894. The van der Waals surface area contributed by atoms with Crippen LogP contribution in [0.5, 0.6) is 0 Å².